The summed E-state index contributed by atoms with van der Waals surface area (Å²) in [6, 6.07) is 0. The Hall–Kier alpha value is -2.46. The molecular weight excluding hydrogens is 1190 g/mol. The van der Waals surface area contributed by atoms with Gasteiger partial charge < -0.3 is 33.8 Å². The number of aliphatic hydroxyl groups is 1. The third kappa shape index (κ3) is 64.3. The van der Waals surface area contributed by atoms with Gasteiger partial charge in [-0.1, -0.05) is 284 Å². The molecule has 0 aliphatic carbocycles. The van der Waals surface area contributed by atoms with Crippen LogP contribution in [-0.4, -0.2) is 96.7 Å². The SMILES string of the molecule is CCCCCC/C=C\C=C/CCCCCCCC(=O)O[C@H](COC(=O)CCCCCCCCCCCCCCC(C)C)COP(=O)(O)OC[C@@H](O)COP(=O)(O)OC[C@@H](COC(=O)CCCCCCCCCCC)OC(=O)CCCCCCCCCCC(C)C. The van der Waals surface area contributed by atoms with E-state index in [-0.39, 0.29) is 25.7 Å². The van der Waals surface area contributed by atoms with Gasteiger partial charge >= 0.3 is 39.5 Å². The minimum atomic E-state index is -4.96. The van der Waals surface area contributed by atoms with Crippen molar-refractivity contribution < 1.29 is 80.2 Å². The number of esters is 4. The molecule has 19 heteroatoms. The van der Waals surface area contributed by atoms with Crippen molar-refractivity contribution in [3.8, 4) is 0 Å². The van der Waals surface area contributed by atoms with Crippen LogP contribution in [0, 0.1) is 11.8 Å². The van der Waals surface area contributed by atoms with Crippen LogP contribution in [0.1, 0.15) is 337 Å². The average Bonchev–Trinajstić information content (AvgIpc) is 3.70. The van der Waals surface area contributed by atoms with E-state index in [0.717, 1.165) is 115 Å². The Labute approximate surface area is 548 Å². The van der Waals surface area contributed by atoms with Crippen LogP contribution in [0.3, 0.4) is 0 Å². The van der Waals surface area contributed by atoms with Crippen molar-refractivity contribution in [1.82, 2.24) is 0 Å². The number of unbranched alkanes of at least 4 members (excludes halogenated alkanes) is 35. The van der Waals surface area contributed by atoms with Crippen molar-refractivity contribution in [3.05, 3.63) is 24.3 Å². The topological polar surface area (TPSA) is 237 Å². The lowest BCUT2D eigenvalue weighted by Gasteiger charge is -2.21. The lowest BCUT2D eigenvalue weighted by atomic mass is 10.0. The number of aliphatic hydroxyl groups excluding tert-OH is 1. The maximum atomic E-state index is 13.0. The third-order valence-electron chi connectivity index (χ3n) is 15.8. The van der Waals surface area contributed by atoms with Crippen LogP contribution in [0.15, 0.2) is 24.3 Å². The Morgan fingerprint density at radius 3 is 0.911 bits per heavy atom. The Kier molecular flexibility index (Phi) is 60.9. The molecule has 0 spiro atoms. The Morgan fingerprint density at radius 1 is 0.344 bits per heavy atom. The minimum Gasteiger partial charge on any atom is -0.462 e. The molecule has 0 bridgehead atoms. The van der Waals surface area contributed by atoms with Crippen molar-refractivity contribution in [2.45, 2.75) is 355 Å². The van der Waals surface area contributed by atoms with E-state index in [9.17, 15) is 43.2 Å². The van der Waals surface area contributed by atoms with Crippen LogP contribution in [-0.2, 0) is 65.4 Å². The molecule has 0 aromatic heterocycles. The quantitative estimate of drug-likeness (QED) is 0.0169. The Balaban J connectivity index is 5.28. The fourth-order valence-electron chi connectivity index (χ4n) is 10.2. The van der Waals surface area contributed by atoms with E-state index in [0.29, 0.717) is 25.7 Å². The number of carbonyl (C=O) groups is 4. The zero-order valence-corrected chi connectivity index (χ0v) is 59.7. The van der Waals surface area contributed by atoms with Crippen molar-refractivity contribution >= 4 is 39.5 Å². The largest absolute Gasteiger partial charge is 0.472 e. The molecule has 530 valence electrons. The summed E-state index contributed by atoms with van der Waals surface area (Å²) in [7, 11) is -9.91. The van der Waals surface area contributed by atoms with Gasteiger partial charge in [-0.3, -0.25) is 37.3 Å². The van der Waals surface area contributed by atoms with E-state index < -0.39 is 97.5 Å². The lowest BCUT2D eigenvalue weighted by Crippen LogP contribution is -2.30. The summed E-state index contributed by atoms with van der Waals surface area (Å²) in [4.78, 5) is 72.5. The fourth-order valence-corrected chi connectivity index (χ4v) is 11.8. The summed E-state index contributed by atoms with van der Waals surface area (Å²) in [6.45, 7) is 9.44. The minimum absolute atomic E-state index is 0.0848. The van der Waals surface area contributed by atoms with Gasteiger partial charge in [-0.2, -0.15) is 0 Å². The Bertz CT molecular complexity index is 1850. The predicted molar refractivity (Wildman–Crippen MR) is 363 cm³/mol. The molecule has 3 N–H and O–H groups in total. The number of hydrogen-bond acceptors (Lipinski definition) is 15. The summed E-state index contributed by atoms with van der Waals surface area (Å²) < 4.78 is 68.2. The van der Waals surface area contributed by atoms with Gasteiger partial charge in [0.2, 0.25) is 0 Å². The summed E-state index contributed by atoms with van der Waals surface area (Å²) in [5, 5.41) is 10.6. The summed E-state index contributed by atoms with van der Waals surface area (Å²) in [5.41, 5.74) is 0. The number of phosphoric acid groups is 2. The molecule has 90 heavy (non-hydrogen) atoms. The molecule has 0 aromatic carbocycles. The zero-order chi connectivity index (χ0) is 66.5. The van der Waals surface area contributed by atoms with Crippen molar-refractivity contribution in [1.29, 1.82) is 0 Å². The number of hydrogen-bond donors (Lipinski definition) is 3. The first-order chi connectivity index (χ1) is 43.4. The predicted octanol–water partition coefficient (Wildman–Crippen LogP) is 19.9. The third-order valence-corrected chi connectivity index (χ3v) is 17.7. The lowest BCUT2D eigenvalue weighted by molar-refractivity contribution is -0.161. The second-order valence-corrected chi connectivity index (χ2v) is 28.8. The molecule has 0 saturated carbocycles. The molecule has 5 atom stereocenters. The molecule has 0 rings (SSSR count). The number of allylic oxidation sites excluding steroid dienone is 4. The summed E-state index contributed by atoms with van der Waals surface area (Å²) in [5.74, 6) is -0.660. The van der Waals surface area contributed by atoms with Crippen LogP contribution in [0.25, 0.3) is 0 Å². The highest BCUT2D eigenvalue weighted by molar-refractivity contribution is 7.47. The first kappa shape index (κ1) is 87.5. The van der Waals surface area contributed by atoms with Gasteiger partial charge in [-0.05, 0) is 63.2 Å². The van der Waals surface area contributed by atoms with Gasteiger partial charge in [0.25, 0.3) is 0 Å². The van der Waals surface area contributed by atoms with Gasteiger partial charge in [0, 0.05) is 25.7 Å². The number of ether oxygens (including phenoxy) is 4. The highest BCUT2D eigenvalue weighted by atomic mass is 31.2. The van der Waals surface area contributed by atoms with Crippen LogP contribution in [0.4, 0.5) is 0 Å². The van der Waals surface area contributed by atoms with E-state index in [1.807, 2.05) is 0 Å². The van der Waals surface area contributed by atoms with Crippen molar-refractivity contribution in [2.75, 3.05) is 39.6 Å². The van der Waals surface area contributed by atoms with Crippen LogP contribution < -0.4 is 0 Å². The number of phosphoric ester groups is 2. The molecule has 0 amide bonds. The highest BCUT2D eigenvalue weighted by Gasteiger charge is 2.30. The summed E-state index contributed by atoms with van der Waals surface area (Å²) >= 11 is 0. The first-order valence-electron chi connectivity index (χ1n) is 36.3. The van der Waals surface area contributed by atoms with E-state index in [2.05, 4.69) is 65.8 Å². The normalized spacial score (nSPS) is 14.3. The standard InChI is InChI=1S/C71H134O17P2/c1-7-9-11-13-15-17-18-19-20-21-26-30-37-43-49-55-70(75)87-66(60-82-69(74)54-48-42-36-29-25-23-22-24-28-33-39-45-51-63(3)4)61-85-89(77,78)83-57-65(72)58-84-90(79,80)86-62-67(59-81-68(73)53-47-41-35-27-16-14-12-10-8-2)88-71(76)56-50-44-38-32-31-34-40-46-52-64(5)6/h17-20,63-67,72H,7-16,21-62H2,1-6H3,(H,77,78)(H,79,80)/b18-17-,20-19-/t65-,66-,67-/m1/s1. The van der Waals surface area contributed by atoms with Gasteiger partial charge in [-0.15, -0.1) is 0 Å². The van der Waals surface area contributed by atoms with E-state index >= 15 is 0 Å². The van der Waals surface area contributed by atoms with E-state index in [1.54, 1.807) is 0 Å². The Morgan fingerprint density at radius 2 is 0.600 bits per heavy atom. The molecule has 0 saturated heterocycles. The summed E-state index contributed by atoms with van der Waals surface area (Å²) in [6.07, 6.45) is 50.8. The second kappa shape index (κ2) is 62.6. The molecule has 0 radical (unpaired) electrons. The number of carbonyl (C=O) groups excluding carboxylic acids is 4. The number of rotatable bonds is 68. The molecule has 0 aliphatic rings. The van der Waals surface area contributed by atoms with Gasteiger partial charge in [0.1, 0.15) is 19.3 Å². The molecule has 0 fully saturated rings. The maximum Gasteiger partial charge on any atom is 0.472 e. The average molecular weight is 1320 g/mol. The van der Waals surface area contributed by atoms with Gasteiger partial charge in [0.15, 0.2) is 12.2 Å². The fraction of sp³-hybridized carbons (Fsp3) is 0.887. The molecular formula is C71H134O17P2. The first-order valence-corrected chi connectivity index (χ1v) is 39.3. The van der Waals surface area contributed by atoms with Gasteiger partial charge in [-0.25, -0.2) is 9.13 Å². The molecule has 2 unspecified atom stereocenters. The van der Waals surface area contributed by atoms with Crippen LogP contribution in [0.2, 0.25) is 0 Å². The second-order valence-electron chi connectivity index (χ2n) is 25.9. The maximum absolute atomic E-state index is 13.0. The van der Waals surface area contributed by atoms with Crippen LogP contribution >= 0.6 is 15.6 Å². The van der Waals surface area contributed by atoms with E-state index in [1.165, 1.54) is 141 Å². The molecule has 0 aliphatic heterocycles. The van der Waals surface area contributed by atoms with Crippen LogP contribution in [0.5, 0.6) is 0 Å². The highest BCUT2D eigenvalue weighted by Crippen LogP contribution is 2.45. The molecule has 17 nitrogen and oxygen atoms in total. The van der Waals surface area contributed by atoms with Crippen molar-refractivity contribution in [2.24, 2.45) is 11.8 Å². The molecule has 0 heterocycles. The van der Waals surface area contributed by atoms with E-state index in [4.69, 9.17) is 37.0 Å². The van der Waals surface area contributed by atoms with Gasteiger partial charge in [0.05, 0.1) is 26.4 Å². The van der Waals surface area contributed by atoms with Crippen molar-refractivity contribution in [3.63, 3.8) is 0 Å². The smallest absolute Gasteiger partial charge is 0.462 e. The zero-order valence-electron chi connectivity index (χ0n) is 57.9. The molecule has 0 aromatic rings. The monoisotopic (exact) mass is 1320 g/mol.